The van der Waals surface area contributed by atoms with Gasteiger partial charge in [0.1, 0.15) is 11.5 Å². The summed E-state index contributed by atoms with van der Waals surface area (Å²) in [5.41, 5.74) is 6.89. The molecule has 0 saturated heterocycles. The largest absolute Gasteiger partial charge is 0.382 e. The Labute approximate surface area is 93.8 Å². The molecule has 5 nitrogen and oxygen atoms in total. The fourth-order valence-electron chi connectivity index (χ4n) is 2.01. The first-order valence-corrected chi connectivity index (χ1v) is 4.99. The summed E-state index contributed by atoms with van der Waals surface area (Å²) in [5, 5.41) is 7.34. The Bertz CT molecular complexity index is 493. The first kappa shape index (κ1) is 10.6. The van der Waals surface area contributed by atoms with Gasteiger partial charge in [0.15, 0.2) is 0 Å². The van der Waals surface area contributed by atoms with Crippen LogP contribution in [0.4, 0.5) is 5.69 Å². The lowest BCUT2D eigenvalue weighted by Crippen LogP contribution is -2.33. The molecule has 0 unspecified atom stereocenters. The fourth-order valence-corrected chi connectivity index (χ4v) is 2.01. The van der Waals surface area contributed by atoms with E-state index in [9.17, 15) is 4.79 Å². The van der Waals surface area contributed by atoms with Crippen LogP contribution in [-0.2, 0) is 10.2 Å². The monoisotopic (exact) mass is 218 g/mol. The highest BCUT2D eigenvalue weighted by atomic mass is 16.2. The lowest BCUT2D eigenvalue weighted by atomic mass is 9.86. The number of hydrogen-bond donors (Lipinski definition) is 2. The Balaban J connectivity index is 2.65. The average Bonchev–Trinajstić information content (AvgIpc) is 2.40. The van der Waals surface area contributed by atoms with Gasteiger partial charge >= 0.3 is 0 Å². The molecule has 0 atom stereocenters. The van der Waals surface area contributed by atoms with Gasteiger partial charge in [0.05, 0.1) is 17.3 Å². The van der Waals surface area contributed by atoms with Gasteiger partial charge in [-0.2, -0.15) is 0 Å². The maximum Gasteiger partial charge on any atom is 0.236 e. The van der Waals surface area contributed by atoms with Crippen LogP contribution in [0.3, 0.4) is 0 Å². The van der Waals surface area contributed by atoms with E-state index in [0.717, 1.165) is 11.3 Å². The highest BCUT2D eigenvalue weighted by Crippen LogP contribution is 2.40. The average molecular weight is 218 g/mol. The normalized spacial score (nSPS) is 17.4. The highest BCUT2D eigenvalue weighted by molar-refractivity contribution is 6.07. The summed E-state index contributed by atoms with van der Waals surface area (Å²) in [7, 11) is 1.73. The van der Waals surface area contributed by atoms with Crippen molar-refractivity contribution >= 4 is 17.4 Å². The van der Waals surface area contributed by atoms with Crippen molar-refractivity contribution in [1.82, 2.24) is 4.98 Å². The first-order valence-electron chi connectivity index (χ1n) is 4.99. The minimum absolute atomic E-state index is 0.0324. The molecule has 0 fully saturated rings. The van der Waals surface area contributed by atoms with E-state index in [1.54, 1.807) is 24.2 Å². The number of nitrogens with zero attached hydrogens (tertiary/aromatic N) is 2. The number of nitrogens with one attached hydrogen (secondary N) is 1. The molecule has 0 radical (unpaired) electrons. The maximum atomic E-state index is 12.0. The Kier molecular flexibility index (Phi) is 2.01. The second kappa shape index (κ2) is 3.04. The van der Waals surface area contributed by atoms with Crippen LogP contribution in [-0.4, -0.2) is 23.8 Å². The Morgan fingerprint density at radius 3 is 2.75 bits per heavy atom. The second-order valence-electron chi connectivity index (χ2n) is 4.49. The number of carbonyl (C=O) groups is 1. The Hall–Kier alpha value is -1.91. The molecule has 16 heavy (non-hydrogen) atoms. The summed E-state index contributed by atoms with van der Waals surface area (Å²) in [5.74, 6) is -0.0504. The van der Waals surface area contributed by atoms with Gasteiger partial charge in [0.25, 0.3) is 0 Å². The molecule has 0 aromatic carbocycles. The number of nitrogens with two attached hydrogens (primary N) is 1. The lowest BCUT2D eigenvalue weighted by Gasteiger charge is -2.16. The number of fused-ring (bicyclic) bond motifs is 1. The van der Waals surface area contributed by atoms with Gasteiger partial charge < -0.3 is 10.6 Å². The fraction of sp³-hybridized carbons (Fsp3) is 0.364. The number of amides is 1. The molecule has 0 aliphatic carbocycles. The molecule has 1 amide bonds. The van der Waals surface area contributed by atoms with Crippen molar-refractivity contribution in [2.45, 2.75) is 19.3 Å². The molecule has 84 valence electrons. The van der Waals surface area contributed by atoms with E-state index in [0.29, 0.717) is 5.69 Å². The van der Waals surface area contributed by atoms with E-state index in [-0.39, 0.29) is 11.7 Å². The topological polar surface area (TPSA) is 83.1 Å². The number of carbonyl (C=O) groups excluding carboxylic acids is 1. The molecule has 1 aliphatic heterocycles. The standard InChI is InChI=1S/C11H14N4O/c1-11(2)6-4-7(9(12)13)14-5-8(6)15(3)10(11)16/h4-5H,1-3H3,(H3,12,13). The molecule has 0 bridgehead atoms. The van der Waals surface area contributed by atoms with Crippen molar-refractivity contribution in [3.8, 4) is 0 Å². The summed E-state index contributed by atoms with van der Waals surface area (Å²) < 4.78 is 0. The maximum absolute atomic E-state index is 12.0. The zero-order chi connectivity index (χ0) is 12.1. The third-order valence-electron chi connectivity index (χ3n) is 3.03. The van der Waals surface area contributed by atoms with Crippen molar-refractivity contribution in [1.29, 1.82) is 5.41 Å². The third kappa shape index (κ3) is 1.21. The van der Waals surface area contributed by atoms with Gasteiger partial charge in [-0.05, 0) is 25.5 Å². The van der Waals surface area contributed by atoms with Crippen LogP contribution in [0.5, 0.6) is 0 Å². The number of likely N-dealkylation sites (N-methyl/N-ethyl adjacent to an activating group) is 1. The molecule has 0 spiro atoms. The summed E-state index contributed by atoms with van der Waals surface area (Å²) in [6.45, 7) is 3.73. The van der Waals surface area contributed by atoms with Gasteiger partial charge in [-0.25, -0.2) is 0 Å². The molecule has 1 aliphatic rings. The molecule has 3 N–H and O–H groups in total. The van der Waals surface area contributed by atoms with Crippen LogP contribution in [0, 0.1) is 5.41 Å². The van der Waals surface area contributed by atoms with Crippen molar-refractivity contribution in [2.75, 3.05) is 11.9 Å². The van der Waals surface area contributed by atoms with Gasteiger partial charge in [0.2, 0.25) is 5.91 Å². The van der Waals surface area contributed by atoms with Gasteiger partial charge in [-0.3, -0.25) is 15.2 Å². The highest BCUT2D eigenvalue weighted by Gasteiger charge is 2.42. The summed E-state index contributed by atoms with van der Waals surface area (Å²) >= 11 is 0. The van der Waals surface area contributed by atoms with Crippen molar-refractivity contribution in [3.63, 3.8) is 0 Å². The van der Waals surface area contributed by atoms with E-state index < -0.39 is 5.41 Å². The molecular formula is C11H14N4O. The van der Waals surface area contributed by atoms with Crippen LogP contribution in [0.2, 0.25) is 0 Å². The number of hydrogen-bond acceptors (Lipinski definition) is 3. The molecule has 1 aromatic rings. The molecule has 5 heteroatoms. The van der Waals surface area contributed by atoms with Gasteiger partial charge in [-0.15, -0.1) is 0 Å². The van der Waals surface area contributed by atoms with E-state index in [4.69, 9.17) is 11.1 Å². The predicted octanol–water partition coefficient (Wildman–Crippen LogP) is 0.620. The number of aromatic nitrogens is 1. The summed E-state index contributed by atoms with van der Waals surface area (Å²) in [6, 6.07) is 1.72. The molecule has 0 saturated carbocycles. The van der Waals surface area contributed by atoms with Crippen molar-refractivity contribution in [3.05, 3.63) is 23.5 Å². The molecule has 2 heterocycles. The smallest absolute Gasteiger partial charge is 0.236 e. The first-order chi connectivity index (χ1) is 7.35. The number of nitrogen functional groups attached to an aromatic ring is 1. The minimum atomic E-state index is -0.572. The number of anilines is 1. The summed E-state index contributed by atoms with van der Waals surface area (Å²) in [6.07, 6.45) is 1.60. The van der Waals surface area contributed by atoms with Crippen LogP contribution in [0.25, 0.3) is 0 Å². The van der Waals surface area contributed by atoms with Crippen molar-refractivity contribution in [2.24, 2.45) is 5.73 Å². The van der Waals surface area contributed by atoms with E-state index in [2.05, 4.69) is 4.98 Å². The molecular weight excluding hydrogens is 204 g/mol. The second-order valence-corrected chi connectivity index (χ2v) is 4.49. The van der Waals surface area contributed by atoms with E-state index in [1.807, 2.05) is 13.8 Å². The van der Waals surface area contributed by atoms with Crippen LogP contribution >= 0.6 is 0 Å². The number of amidine groups is 1. The van der Waals surface area contributed by atoms with E-state index in [1.165, 1.54) is 0 Å². The van der Waals surface area contributed by atoms with Crippen LogP contribution < -0.4 is 10.6 Å². The lowest BCUT2D eigenvalue weighted by molar-refractivity contribution is -0.121. The predicted molar refractivity (Wildman–Crippen MR) is 61.7 cm³/mol. The summed E-state index contributed by atoms with van der Waals surface area (Å²) in [4.78, 5) is 17.6. The SMILES string of the molecule is CN1C(=O)C(C)(C)c2cc(C(=N)N)ncc21. The number of rotatable bonds is 1. The molecule has 1 aromatic heterocycles. The minimum Gasteiger partial charge on any atom is -0.382 e. The van der Waals surface area contributed by atoms with Crippen molar-refractivity contribution < 1.29 is 4.79 Å². The van der Waals surface area contributed by atoms with Gasteiger partial charge in [-0.1, -0.05) is 0 Å². The van der Waals surface area contributed by atoms with E-state index >= 15 is 0 Å². The van der Waals surface area contributed by atoms with Gasteiger partial charge in [0, 0.05) is 7.05 Å². The quantitative estimate of drug-likeness (QED) is 0.535. The molecule has 2 rings (SSSR count). The zero-order valence-corrected chi connectivity index (χ0v) is 9.53. The third-order valence-corrected chi connectivity index (χ3v) is 3.03. The Morgan fingerprint density at radius 2 is 2.19 bits per heavy atom. The Morgan fingerprint density at radius 1 is 1.56 bits per heavy atom. The number of pyridine rings is 1. The van der Waals surface area contributed by atoms with Crippen LogP contribution in [0.15, 0.2) is 12.3 Å². The van der Waals surface area contributed by atoms with Crippen LogP contribution in [0.1, 0.15) is 25.1 Å². The zero-order valence-electron chi connectivity index (χ0n) is 9.53.